The number of rotatable bonds is 16. The summed E-state index contributed by atoms with van der Waals surface area (Å²) in [7, 11) is 0. The monoisotopic (exact) mass is 679 g/mol. The molecule has 2 aliphatic heterocycles. The molecule has 0 saturated carbocycles. The molecule has 2 aromatic carbocycles. The van der Waals surface area contributed by atoms with Gasteiger partial charge in [-0.1, -0.05) is 30.3 Å². The normalized spacial score (nSPS) is 30.6. The number of carbonyl (C=O) groups excluding carboxylic acids is 2. The van der Waals surface area contributed by atoms with Gasteiger partial charge in [-0.3, -0.25) is 9.59 Å². The molecule has 10 atom stereocenters. The summed E-state index contributed by atoms with van der Waals surface area (Å²) < 4.78 is 22.2. The van der Waals surface area contributed by atoms with Crippen molar-refractivity contribution in [1.82, 2.24) is 5.32 Å². The second-order valence-electron chi connectivity index (χ2n) is 11.8. The van der Waals surface area contributed by atoms with Crippen molar-refractivity contribution in [3.63, 3.8) is 0 Å². The minimum absolute atomic E-state index is 0.157. The van der Waals surface area contributed by atoms with Crippen molar-refractivity contribution in [2.24, 2.45) is 0 Å². The van der Waals surface area contributed by atoms with Crippen LogP contribution in [0.5, 0.6) is 0 Å². The van der Waals surface area contributed by atoms with E-state index in [9.17, 15) is 50.4 Å². The number of aliphatic hydroxyl groups excluding tert-OH is 8. The van der Waals surface area contributed by atoms with E-state index in [-0.39, 0.29) is 44.1 Å². The lowest BCUT2D eigenvalue weighted by atomic mass is 9.90. The van der Waals surface area contributed by atoms with Crippen molar-refractivity contribution in [1.29, 1.82) is 0 Å². The molecule has 2 heterocycles. The number of carbonyl (C=O) groups is 2. The summed E-state index contributed by atoms with van der Waals surface area (Å²) in [4.78, 5) is 25.4. The van der Waals surface area contributed by atoms with Crippen LogP contribution in [0.15, 0.2) is 48.5 Å². The van der Waals surface area contributed by atoms with E-state index in [0.717, 1.165) is 0 Å². The highest BCUT2D eigenvalue weighted by molar-refractivity contribution is 5.96. The molecule has 0 bridgehead atoms. The number of Topliss-reactive ketones (excluding diaryl/α,β-unsaturated/α-hetero) is 1. The van der Waals surface area contributed by atoms with E-state index in [0.29, 0.717) is 29.7 Å². The lowest BCUT2D eigenvalue weighted by Gasteiger charge is -2.40. The molecule has 4 rings (SSSR count). The van der Waals surface area contributed by atoms with E-state index >= 15 is 0 Å². The van der Waals surface area contributed by atoms with Crippen molar-refractivity contribution in [2.75, 3.05) is 46.2 Å². The molecular weight excluding hydrogens is 634 g/mol. The molecule has 2 aromatic rings. The molecule has 9 N–H and O–H groups in total. The van der Waals surface area contributed by atoms with Gasteiger partial charge < -0.3 is 65.1 Å². The van der Waals surface area contributed by atoms with E-state index in [2.05, 4.69) is 5.32 Å². The molecule has 266 valence electrons. The summed E-state index contributed by atoms with van der Waals surface area (Å²) in [6.07, 6.45) is -12.4. The number of ketones is 1. The van der Waals surface area contributed by atoms with Crippen LogP contribution in [-0.4, -0.2) is 148 Å². The molecular formula is C33H45NO14. The van der Waals surface area contributed by atoms with Gasteiger partial charge in [-0.05, 0) is 35.7 Å². The van der Waals surface area contributed by atoms with E-state index in [4.69, 9.17) is 18.9 Å². The van der Waals surface area contributed by atoms with Crippen LogP contribution in [0.2, 0.25) is 0 Å². The Morgan fingerprint density at radius 3 is 1.69 bits per heavy atom. The van der Waals surface area contributed by atoms with Gasteiger partial charge in [-0.2, -0.15) is 0 Å². The lowest BCUT2D eigenvalue weighted by molar-refractivity contribution is -0.231. The fourth-order valence-electron chi connectivity index (χ4n) is 5.64. The molecule has 2 saturated heterocycles. The Labute approximate surface area is 277 Å². The smallest absolute Gasteiger partial charge is 0.251 e. The van der Waals surface area contributed by atoms with Crippen LogP contribution in [-0.2, 0) is 18.9 Å². The van der Waals surface area contributed by atoms with Crippen LogP contribution in [0.1, 0.15) is 56.9 Å². The lowest BCUT2D eigenvalue weighted by Crippen LogP contribution is -2.55. The van der Waals surface area contributed by atoms with Gasteiger partial charge >= 0.3 is 0 Å². The minimum Gasteiger partial charge on any atom is -0.394 e. The Hall–Kier alpha value is -2.90. The zero-order valence-corrected chi connectivity index (χ0v) is 26.3. The number of amides is 1. The van der Waals surface area contributed by atoms with Gasteiger partial charge in [-0.25, -0.2) is 0 Å². The largest absolute Gasteiger partial charge is 0.394 e. The highest BCUT2D eigenvalue weighted by Crippen LogP contribution is 2.34. The second-order valence-corrected chi connectivity index (χ2v) is 11.8. The summed E-state index contributed by atoms with van der Waals surface area (Å²) in [5, 5.41) is 82.4. The number of aliphatic hydroxyl groups is 8. The quantitative estimate of drug-likeness (QED) is 0.0698. The number of hydrogen-bond donors (Lipinski definition) is 9. The molecule has 1 amide bonds. The maximum atomic E-state index is 12.7. The number of nitrogens with one attached hydrogen (secondary N) is 1. The highest BCUT2D eigenvalue weighted by Gasteiger charge is 2.45. The predicted octanol–water partition coefficient (Wildman–Crippen LogP) is -1.86. The third-order valence-electron chi connectivity index (χ3n) is 8.40. The number of benzene rings is 2. The summed E-state index contributed by atoms with van der Waals surface area (Å²) >= 11 is 0. The maximum absolute atomic E-state index is 12.7. The van der Waals surface area contributed by atoms with Crippen LogP contribution in [0.3, 0.4) is 0 Å². The third kappa shape index (κ3) is 9.41. The molecule has 0 aromatic heterocycles. The van der Waals surface area contributed by atoms with Crippen molar-refractivity contribution >= 4 is 11.7 Å². The van der Waals surface area contributed by atoms with Crippen LogP contribution in [0.25, 0.3) is 0 Å². The Balaban J connectivity index is 1.10. The zero-order valence-electron chi connectivity index (χ0n) is 26.3. The van der Waals surface area contributed by atoms with Crippen LogP contribution >= 0.6 is 0 Å². The molecule has 0 unspecified atom stereocenters. The van der Waals surface area contributed by atoms with Gasteiger partial charge in [0.15, 0.2) is 5.78 Å². The molecule has 2 aliphatic rings. The van der Waals surface area contributed by atoms with E-state index in [1.165, 1.54) is 6.07 Å². The van der Waals surface area contributed by atoms with Crippen molar-refractivity contribution in [2.45, 2.75) is 73.9 Å². The first kappa shape index (κ1) is 37.9. The molecule has 0 aliphatic carbocycles. The van der Waals surface area contributed by atoms with Gasteiger partial charge in [-0.15, -0.1) is 0 Å². The van der Waals surface area contributed by atoms with Crippen LogP contribution < -0.4 is 5.32 Å². The fourth-order valence-corrected chi connectivity index (χ4v) is 5.64. The summed E-state index contributed by atoms with van der Waals surface area (Å²) in [6, 6.07) is 12.7. The SMILES string of the molecule is O=C(CCCOCCOCCNC(=O)c1cccc([C@H]2O[C@H](CO)[C@@H](O)[C@H](O)[C@@H]2O)c1)c1cccc([C@H]2O[C@H](CO)[C@@H](O)[C@H](O)[C@@H]2O)c1. The van der Waals surface area contributed by atoms with Crippen LogP contribution in [0, 0.1) is 0 Å². The van der Waals surface area contributed by atoms with E-state index in [1.807, 2.05) is 0 Å². The molecule has 48 heavy (non-hydrogen) atoms. The molecule has 2 fully saturated rings. The molecule has 15 heteroatoms. The highest BCUT2D eigenvalue weighted by atomic mass is 16.6. The Bertz CT molecular complexity index is 1230. The first-order valence-corrected chi connectivity index (χ1v) is 15.8. The summed E-state index contributed by atoms with van der Waals surface area (Å²) in [5.74, 6) is -0.555. The van der Waals surface area contributed by atoms with E-state index < -0.39 is 80.2 Å². The van der Waals surface area contributed by atoms with Gasteiger partial charge in [0.05, 0.1) is 33.0 Å². The first-order chi connectivity index (χ1) is 23.1. The predicted molar refractivity (Wildman–Crippen MR) is 166 cm³/mol. The summed E-state index contributed by atoms with van der Waals surface area (Å²) in [5.41, 5.74) is 1.50. The van der Waals surface area contributed by atoms with Crippen LogP contribution in [0.4, 0.5) is 0 Å². The second kappa shape index (κ2) is 18.2. The van der Waals surface area contributed by atoms with Crippen molar-refractivity contribution < 1.29 is 69.4 Å². The standard InChI is InChI=1S/C33H45NO14/c35-16-23-25(38)27(40)29(42)31(47-23)19-5-1-4-18(14-19)22(37)8-3-10-45-12-13-46-11-9-34-33(44)21-7-2-6-20(15-21)32-30(43)28(41)26(39)24(17-36)48-32/h1-2,4-7,14-15,23-32,35-36,38-43H,3,8-13,16-17H2,(H,34,44)/t23-,24-,25-,26-,27+,28+,29+,30+,31-,32-/m1/s1. The van der Waals surface area contributed by atoms with E-state index in [1.54, 1.807) is 42.5 Å². The zero-order chi connectivity index (χ0) is 34.8. The van der Waals surface area contributed by atoms with Gasteiger partial charge in [0, 0.05) is 30.7 Å². The molecule has 15 nitrogen and oxygen atoms in total. The Morgan fingerprint density at radius 2 is 1.15 bits per heavy atom. The van der Waals surface area contributed by atoms with Gasteiger partial charge in [0.1, 0.15) is 61.0 Å². The van der Waals surface area contributed by atoms with Crippen molar-refractivity contribution in [3.05, 3.63) is 70.8 Å². The average molecular weight is 680 g/mol. The molecule has 0 radical (unpaired) electrons. The van der Waals surface area contributed by atoms with Gasteiger partial charge in [0.25, 0.3) is 5.91 Å². The Morgan fingerprint density at radius 1 is 0.646 bits per heavy atom. The average Bonchev–Trinajstić information content (AvgIpc) is 3.10. The first-order valence-electron chi connectivity index (χ1n) is 15.8. The number of ether oxygens (including phenoxy) is 4. The Kier molecular flexibility index (Phi) is 14.4. The number of hydrogen-bond acceptors (Lipinski definition) is 14. The van der Waals surface area contributed by atoms with Crippen molar-refractivity contribution in [3.8, 4) is 0 Å². The topological polar surface area (TPSA) is 245 Å². The minimum atomic E-state index is -1.53. The third-order valence-corrected chi connectivity index (χ3v) is 8.40. The maximum Gasteiger partial charge on any atom is 0.251 e. The van der Waals surface area contributed by atoms with Gasteiger partial charge in [0.2, 0.25) is 0 Å². The summed E-state index contributed by atoms with van der Waals surface area (Å²) in [6.45, 7) is 0.165. The molecule has 0 spiro atoms. The fraction of sp³-hybridized carbons (Fsp3) is 0.576.